The highest BCUT2D eigenvalue weighted by Crippen LogP contribution is 2.45. The van der Waals surface area contributed by atoms with Gasteiger partial charge in [0.15, 0.2) is 5.78 Å². The summed E-state index contributed by atoms with van der Waals surface area (Å²) in [5, 5.41) is 0. The maximum atomic E-state index is 12.7. The molecule has 4 nitrogen and oxygen atoms in total. The minimum absolute atomic E-state index is 0.146. The molecule has 0 bridgehead atoms. The summed E-state index contributed by atoms with van der Waals surface area (Å²) in [5.74, 6) is 1.81. The second-order valence-electron chi connectivity index (χ2n) is 5.75. The van der Waals surface area contributed by atoms with Gasteiger partial charge >= 0.3 is 5.97 Å². The fourth-order valence-electron chi connectivity index (χ4n) is 2.56. The third kappa shape index (κ3) is 2.40. The van der Waals surface area contributed by atoms with Crippen LogP contribution in [0.15, 0.2) is 0 Å². The molecule has 4 heteroatoms. The minimum atomic E-state index is -1.29. The van der Waals surface area contributed by atoms with E-state index in [1.165, 1.54) is 7.11 Å². The monoisotopic (exact) mass is 266 g/mol. The van der Waals surface area contributed by atoms with Crippen LogP contribution in [-0.2, 0) is 19.1 Å². The lowest BCUT2D eigenvalue weighted by molar-refractivity contribution is -0.199. The molecule has 0 unspecified atom stereocenters. The normalized spacial score (nSPS) is 33.6. The third-order valence-corrected chi connectivity index (χ3v) is 4.25. The SMILES string of the molecule is C#CCC[C@@H]1O[C@H](C)C(C)(C)C(=O)[C@]1(C)C(=O)OC. The van der Waals surface area contributed by atoms with E-state index in [1.807, 2.05) is 6.92 Å². The van der Waals surface area contributed by atoms with Crippen molar-refractivity contribution < 1.29 is 19.1 Å². The number of methoxy groups -OCH3 is 1. The lowest BCUT2D eigenvalue weighted by atomic mass is 9.64. The number of rotatable bonds is 3. The van der Waals surface area contributed by atoms with E-state index in [-0.39, 0.29) is 11.9 Å². The first-order chi connectivity index (χ1) is 8.72. The molecule has 0 amide bonds. The van der Waals surface area contributed by atoms with Gasteiger partial charge in [-0.05, 0) is 20.3 Å². The highest BCUT2D eigenvalue weighted by Gasteiger charge is 2.59. The first-order valence-corrected chi connectivity index (χ1v) is 6.45. The van der Waals surface area contributed by atoms with E-state index in [0.717, 1.165) is 0 Å². The van der Waals surface area contributed by atoms with E-state index in [4.69, 9.17) is 15.9 Å². The van der Waals surface area contributed by atoms with Crippen LogP contribution in [-0.4, -0.2) is 31.1 Å². The van der Waals surface area contributed by atoms with Crippen LogP contribution >= 0.6 is 0 Å². The molecule has 106 valence electrons. The summed E-state index contributed by atoms with van der Waals surface area (Å²) in [4.78, 5) is 24.8. The summed E-state index contributed by atoms with van der Waals surface area (Å²) in [6, 6.07) is 0. The van der Waals surface area contributed by atoms with Gasteiger partial charge in [-0.2, -0.15) is 0 Å². The minimum Gasteiger partial charge on any atom is -0.468 e. The van der Waals surface area contributed by atoms with Crippen LogP contribution < -0.4 is 0 Å². The van der Waals surface area contributed by atoms with Crippen LogP contribution in [0, 0.1) is 23.2 Å². The van der Waals surface area contributed by atoms with Gasteiger partial charge in [-0.1, -0.05) is 13.8 Å². The average Bonchev–Trinajstić information content (AvgIpc) is 2.38. The topological polar surface area (TPSA) is 52.6 Å². The van der Waals surface area contributed by atoms with Crippen molar-refractivity contribution in [3.8, 4) is 12.3 Å². The maximum absolute atomic E-state index is 12.7. The number of hydrogen-bond donors (Lipinski definition) is 0. The molecule has 1 heterocycles. The molecule has 1 fully saturated rings. The van der Waals surface area contributed by atoms with Gasteiger partial charge in [-0.25, -0.2) is 0 Å². The van der Waals surface area contributed by atoms with Gasteiger partial charge in [0.2, 0.25) is 0 Å². The molecule has 0 aromatic heterocycles. The van der Waals surface area contributed by atoms with Crippen LogP contribution in [0.2, 0.25) is 0 Å². The Morgan fingerprint density at radius 3 is 2.53 bits per heavy atom. The van der Waals surface area contributed by atoms with Crippen molar-refractivity contribution in [1.29, 1.82) is 0 Å². The zero-order valence-corrected chi connectivity index (χ0v) is 12.3. The molecule has 1 aliphatic heterocycles. The van der Waals surface area contributed by atoms with Crippen molar-refractivity contribution in [1.82, 2.24) is 0 Å². The summed E-state index contributed by atoms with van der Waals surface area (Å²) in [5.41, 5.74) is -2.02. The molecule has 0 saturated carbocycles. The number of ether oxygens (including phenoxy) is 2. The van der Waals surface area contributed by atoms with Crippen LogP contribution in [0.25, 0.3) is 0 Å². The van der Waals surface area contributed by atoms with E-state index in [0.29, 0.717) is 12.8 Å². The molecule has 3 atom stereocenters. The highest BCUT2D eigenvalue weighted by molar-refractivity contribution is 6.07. The second-order valence-corrected chi connectivity index (χ2v) is 5.75. The Balaban J connectivity index is 3.20. The van der Waals surface area contributed by atoms with Gasteiger partial charge in [0.25, 0.3) is 0 Å². The molecule has 1 saturated heterocycles. The van der Waals surface area contributed by atoms with Gasteiger partial charge in [0.1, 0.15) is 5.41 Å². The van der Waals surface area contributed by atoms with Crippen molar-refractivity contribution >= 4 is 11.8 Å². The standard InChI is InChI=1S/C15H22O4/c1-7-8-9-11-15(5,13(17)18-6)12(16)14(3,4)10(2)19-11/h1,10-11H,8-9H2,2-6H3/t10-,11+,15-/m1/s1. The predicted molar refractivity (Wildman–Crippen MR) is 71.3 cm³/mol. The summed E-state index contributed by atoms with van der Waals surface area (Å²) in [6.45, 7) is 7.02. The molecule has 19 heavy (non-hydrogen) atoms. The van der Waals surface area contributed by atoms with Gasteiger partial charge in [0, 0.05) is 6.42 Å². The Morgan fingerprint density at radius 2 is 2.05 bits per heavy atom. The van der Waals surface area contributed by atoms with Crippen molar-refractivity contribution in [2.75, 3.05) is 7.11 Å². The Morgan fingerprint density at radius 1 is 1.47 bits per heavy atom. The lowest BCUT2D eigenvalue weighted by Crippen LogP contribution is -2.61. The van der Waals surface area contributed by atoms with Crippen molar-refractivity contribution in [2.24, 2.45) is 10.8 Å². The van der Waals surface area contributed by atoms with Gasteiger partial charge in [-0.15, -0.1) is 12.3 Å². The molecule has 0 radical (unpaired) electrons. The molecule has 1 aliphatic rings. The zero-order valence-electron chi connectivity index (χ0n) is 12.3. The average molecular weight is 266 g/mol. The molecular formula is C15H22O4. The van der Waals surface area contributed by atoms with E-state index in [1.54, 1.807) is 20.8 Å². The molecular weight excluding hydrogens is 244 g/mol. The van der Waals surface area contributed by atoms with E-state index in [2.05, 4.69) is 5.92 Å². The third-order valence-electron chi connectivity index (χ3n) is 4.25. The largest absolute Gasteiger partial charge is 0.468 e. The highest BCUT2D eigenvalue weighted by atomic mass is 16.5. The Hall–Kier alpha value is -1.34. The number of ketones is 1. The maximum Gasteiger partial charge on any atom is 0.321 e. The van der Waals surface area contributed by atoms with E-state index < -0.39 is 22.9 Å². The van der Waals surface area contributed by atoms with E-state index >= 15 is 0 Å². The van der Waals surface area contributed by atoms with Crippen LogP contribution in [0.4, 0.5) is 0 Å². The molecule has 0 N–H and O–H groups in total. The lowest BCUT2D eigenvalue weighted by Gasteiger charge is -2.48. The van der Waals surface area contributed by atoms with Crippen LogP contribution in [0.5, 0.6) is 0 Å². The Labute approximate surface area is 114 Å². The van der Waals surface area contributed by atoms with E-state index in [9.17, 15) is 9.59 Å². The zero-order chi connectivity index (χ0) is 14.8. The first-order valence-electron chi connectivity index (χ1n) is 6.45. The summed E-state index contributed by atoms with van der Waals surface area (Å²) in [7, 11) is 1.28. The van der Waals surface area contributed by atoms with Crippen molar-refractivity contribution in [2.45, 2.75) is 52.7 Å². The first kappa shape index (κ1) is 15.7. The Kier molecular flexibility index (Phi) is 4.42. The fourth-order valence-corrected chi connectivity index (χ4v) is 2.56. The molecule has 0 aromatic carbocycles. The number of esters is 1. The number of hydrogen-bond acceptors (Lipinski definition) is 4. The summed E-state index contributed by atoms with van der Waals surface area (Å²) < 4.78 is 10.7. The number of carbonyl (C=O) groups excluding carboxylic acids is 2. The van der Waals surface area contributed by atoms with Gasteiger partial charge in [0.05, 0.1) is 24.7 Å². The number of Topliss-reactive ketones (excluding diaryl/α,β-unsaturated/α-hetero) is 1. The molecule has 1 rings (SSSR count). The fraction of sp³-hybridized carbons (Fsp3) is 0.733. The van der Waals surface area contributed by atoms with Crippen LogP contribution in [0.3, 0.4) is 0 Å². The molecule has 0 spiro atoms. The molecule has 0 aromatic rings. The van der Waals surface area contributed by atoms with Crippen molar-refractivity contribution in [3.05, 3.63) is 0 Å². The van der Waals surface area contributed by atoms with Crippen molar-refractivity contribution in [3.63, 3.8) is 0 Å². The summed E-state index contributed by atoms with van der Waals surface area (Å²) in [6.07, 6.45) is 5.38. The summed E-state index contributed by atoms with van der Waals surface area (Å²) >= 11 is 0. The predicted octanol–water partition coefficient (Wildman–Crippen LogP) is 1.96. The number of terminal acetylenes is 1. The van der Waals surface area contributed by atoms with Gasteiger partial charge < -0.3 is 9.47 Å². The quantitative estimate of drug-likeness (QED) is 0.445. The molecule has 0 aliphatic carbocycles. The number of carbonyl (C=O) groups is 2. The van der Waals surface area contributed by atoms with Gasteiger partial charge in [-0.3, -0.25) is 9.59 Å². The van der Waals surface area contributed by atoms with Crippen LogP contribution in [0.1, 0.15) is 40.5 Å². The Bertz CT molecular complexity index is 418. The smallest absolute Gasteiger partial charge is 0.321 e. The second kappa shape index (κ2) is 5.34.